The molecule has 200 valence electrons. The van der Waals surface area contributed by atoms with Gasteiger partial charge in [-0.3, -0.25) is 9.59 Å². The predicted octanol–water partition coefficient (Wildman–Crippen LogP) is 9.09. The molecule has 0 fully saturated rings. The second-order valence-electron chi connectivity index (χ2n) is 9.93. The van der Waals surface area contributed by atoms with Gasteiger partial charge in [-0.15, -0.1) is 0 Å². The van der Waals surface area contributed by atoms with Gasteiger partial charge < -0.3 is 9.47 Å². The average Bonchev–Trinajstić information content (AvgIpc) is 2.87. The minimum atomic E-state index is -0.0934. The molecule has 1 unspecified atom stereocenters. The van der Waals surface area contributed by atoms with Crippen LogP contribution in [0.2, 0.25) is 0 Å². The van der Waals surface area contributed by atoms with Crippen LogP contribution >= 0.6 is 0 Å². The van der Waals surface area contributed by atoms with Crippen molar-refractivity contribution < 1.29 is 19.1 Å². The van der Waals surface area contributed by atoms with E-state index in [2.05, 4.69) is 13.8 Å². The fourth-order valence-electron chi connectivity index (χ4n) is 4.34. The maximum absolute atomic E-state index is 12.2. The molecular weight excluding hydrogens is 436 g/mol. The van der Waals surface area contributed by atoms with Crippen LogP contribution in [0, 0.1) is 0 Å². The van der Waals surface area contributed by atoms with Gasteiger partial charge in [-0.25, -0.2) is 0 Å². The molecule has 1 aromatic carbocycles. The van der Waals surface area contributed by atoms with Crippen molar-refractivity contribution in [3.05, 3.63) is 35.9 Å². The van der Waals surface area contributed by atoms with Crippen molar-refractivity contribution in [3.8, 4) is 0 Å². The van der Waals surface area contributed by atoms with E-state index in [0.29, 0.717) is 19.4 Å². The lowest BCUT2D eigenvalue weighted by atomic mass is 10.0. The number of esters is 2. The van der Waals surface area contributed by atoms with Crippen molar-refractivity contribution in [2.45, 2.75) is 149 Å². The Bertz CT molecular complexity index is 628. The van der Waals surface area contributed by atoms with Crippen LogP contribution in [0.3, 0.4) is 0 Å². The summed E-state index contributed by atoms with van der Waals surface area (Å²) in [7, 11) is 0. The standard InChI is InChI=1S/C31H52O4/c1-3-5-7-18-23-29(35-31(33)26-15-6-4-2)24-19-12-10-8-9-11-13-20-25-30(32)34-27-28-21-16-14-17-22-28/h14,16-17,21-22,29H,3-13,15,18-20,23-27H2,1-2H3. The molecule has 1 rings (SSSR count). The molecule has 0 aliphatic carbocycles. The lowest BCUT2D eigenvalue weighted by Crippen LogP contribution is -2.18. The number of hydrogen-bond donors (Lipinski definition) is 0. The molecule has 4 heteroatoms. The SMILES string of the molecule is CCCCCCC(CCCCCCCCCCC(=O)OCc1ccccc1)OC(=O)CCCCC. The van der Waals surface area contributed by atoms with Gasteiger partial charge in [0.15, 0.2) is 0 Å². The van der Waals surface area contributed by atoms with Gasteiger partial charge in [-0.05, 0) is 44.1 Å². The summed E-state index contributed by atoms with van der Waals surface area (Å²) in [5.74, 6) is -0.0907. The molecule has 0 spiro atoms. The smallest absolute Gasteiger partial charge is 0.306 e. The van der Waals surface area contributed by atoms with Gasteiger partial charge in [-0.1, -0.05) is 115 Å². The summed E-state index contributed by atoms with van der Waals surface area (Å²) in [5.41, 5.74) is 1.04. The van der Waals surface area contributed by atoms with Crippen LogP contribution in [-0.4, -0.2) is 18.0 Å². The molecule has 0 heterocycles. The molecule has 0 saturated carbocycles. The van der Waals surface area contributed by atoms with E-state index in [1.54, 1.807) is 0 Å². The van der Waals surface area contributed by atoms with Gasteiger partial charge in [0.1, 0.15) is 12.7 Å². The van der Waals surface area contributed by atoms with Crippen LogP contribution in [0.25, 0.3) is 0 Å². The van der Waals surface area contributed by atoms with Gasteiger partial charge in [0.2, 0.25) is 0 Å². The summed E-state index contributed by atoms with van der Waals surface area (Å²) in [6.07, 6.45) is 20.6. The van der Waals surface area contributed by atoms with Crippen LogP contribution in [0.1, 0.15) is 141 Å². The maximum Gasteiger partial charge on any atom is 0.306 e. The first-order valence-corrected chi connectivity index (χ1v) is 14.5. The van der Waals surface area contributed by atoms with E-state index in [-0.39, 0.29) is 18.0 Å². The molecule has 0 saturated heterocycles. The van der Waals surface area contributed by atoms with Crippen molar-refractivity contribution in [2.24, 2.45) is 0 Å². The van der Waals surface area contributed by atoms with Gasteiger partial charge in [0.05, 0.1) is 0 Å². The van der Waals surface area contributed by atoms with Crippen molar-refractivity contribution >= 4 is 11.9 Å². The number of rotatable bonds is 23. The van der Waals surface area contributed by atoms with E-state index in [4.69, 9.17) is 9.47 Å². The molecule has 1 atom stereocenters. The van der Waals surface area contributed by atoms with Crippen molar-refractivity contribution in [1.29, 1.82) is 0 Å². The molecule has 0 aromatic heterocycles. The van der Waals surface area contributed by atoms with Crippen molar-refractivity contribution in [3.63, 3.8) is 0 Å². The quantitative estimate of drug-likeness (QED) is 0.114. The highest BCUT2D eigenvalue weighted by Crippen LogP contribution is 2.18. The van der Waals surface area contributed by atoms with Crippen LogP contribution in [0.15, 0.2) is 30.3 Å². The Morgan fingerprint density at radius 1 is 0.629 bits per heavy atom. The lowest BCUT2D eigenvalue weighted by molar-refractivity contribution is -0.150. The number of benzene rings is 1. The largest absolute Gasteiger partial charge is 0.462 e. The molecule has 1 aromatic rings. The Hall–Kier alpha value is -1.84. The van der Waals surface area contributed by atoms with E-state index in [1.165, 1.54) is 57.8 Å². The number of carbonyl (C=O) groups excluding carboxylic acids is 2. The predicted molar refractivity (Wildman–Crippen MR) is 145 cm³/mol. The lowest BCUT2D eigenvalue weighted by Gasteiger charge is -2.18. The number of carbonyl (C=O) groups is 2. The highest BCUT2D eigenvalue weighted by Gasteiger charge is 2.14. The zero-order valence-corrected chi connectivity index (χ0v) is 22.7. The Balaban J connectivity index is 2.03. The van der Waals surface area contributed by atoms with E-state index in [9.17, 15) is 9.59 Å². The van der Waals surface area contributed by atoms with Crippen LogP contribution in [-0.2, 0) is 25.7 Å². The first-order chi connectivity index (χ1) is 17.2. The summed E-state index contributed by atoms with van der Waals surface area (Å²) in [5, 5.41) is 0. The summed E-state index contributed by atoms with van der Waals surface area (Å²) in [6, 6.07) is 9.83. The minimum Gasteiger partial charge on any atom is -0.462 e. The van der Waals surface area contributed by atoms with E-state index >= 15 is 0 Å². The fraction of sp³-hybridized carbons (Fsp3) is 0.742. The number of hydrogen-bond acceptors (Lipinski definition) is 4. The number of unbranched alkanes of at least 4 members (excludes halogenated alkanes) is 12. The third-order valence-electron chi connectivity index (χ3n) is 6.56. The summed E-state index contributed by atoms with van der Waals surface area (Å²) >= 11 is 0. The van der Waals surface area contributed by atoms with Gasteiger partial charge in [0.25, 0.3) is 0 Å². The molecule has 0 radical (unpaired) electrons. The fourth-order valence-corrected chi connectivity index (χ4v) is 4.34. The summed E-state index contributed by atoms with van der Waals surface area (Å²) in [6.45, 7) is 4.76. The topological polar surface area (TPSA) is 52.6 Å². The number of ether oxygens (including phenoxy) is 2. The normalized spacial score (nSPS) is 11.8. The van der Waals surface area contributed by atoms with Crippen LogP contribution in [0.5, 0.6) is 0 Å². The zero-order valence-electron chi connectivity index (χ0n) is 22.7. The highest BCUT2D eigenvalue weighted by molar-refractivity contribution is 5.69. The van der Waals surface area contributed by atoms with E-state index < -0.39 is 0 Å². The molecule has 0 bridgehead atoms. The van der Waals surface area contributed by atoms with Crippen LogP contribution in [0.4, 0.5) is 0 Å². The Labute approximate surface area is 215 Å². The minimum absolute atomic E-state index is 0.00267. The van der Waals surface area contributed by atoms with E-state index in [0.717, 1.165) is 56.9 Å². The van der Waals surface area contributed by atoms with Gasteiger partial charge in [0, 0.05) is 12.8 Å². The van der Waals surface area contributed by atoms with Crippen molar-refractivity contribution in [1.82, 2.24) is 0 Å². The first kappa shape index (κ1) is 31.2. The molecule has 0 aliphatic heterocycles. The Morgan fingerprint density at radius 3 is 1.74 bits per heavy atom. The first-order valence-electron chi connectivity index (χ1n) is 14.5. The Morgan fingerprint density at radius 2 is 1.11 bits per heavy atom. The van der Waals surface area contributed by atoms with Crippen molar-refractivity contribution in [2.75, 3.05) is 0 Å². The Kier molecular flexibility index (Phi) is 20.2. The second-order valence-corrected chi connectivity index (χ2v) is 9.93. The summed E-state index contributed by atoms with van der Waals surface area (Å²) in [4.78, 5) is 24.0. The van der Waals surface area contributed by atoms with Gasteiger partial charge in [-0.2, -0.15) is 0 Å². The molecule has 4 nitrogen and oxygen atoms in total. The molecule has 35 heavy (non-hydrogen) atoms. The maximum atomic E-state index is 12.2. The summed E-state index contributed by atoms with van der Waals surface area (Å²) < 4.78 is 11.2. The molecular formula is C31H52O4. The zero-order chi connectivity index (χ0) is 25.4. The molecule has 0 N–H and O–H groups in total. The molecule has 0 aliphatic rings. The molecule has 0 amide bonds. The van der Waals surface area contributed by atoms with E-state index in [1.807, 2.05) is 30.3 Å². The third-order valence-corrected chi connectivity index (χ3v) is 6.56. The monoisotopic (exact) mass is 488 g/mol. The average molecular weight is 489 g/mol. The van der Waals surface area contributed by atoms with Gasteiger partial charge >= 0.3 is 11.9 Å². The third kappa shape index (κ3) is 19.1. The highest BCUT2D eigenvalue weighted by atomic mass is 16.5. The van der Waals surface area contributed by atoms with Crippen LogP contribution < -0.4 is 0 Å². The second kappa shape index (κ2) is 22.6.